The Labute approximate surface area is 174 Å². The average Bonchev–Trinajstić information content (AvgIpc) is 3.00. The standard InChI is InChI=1S/C24H24FNO4/c1-15(2)26-21-6-4-3-5-20(21)24(16-7-9-17(25)10-8-16)22(26)12-11-18(27)13-19(28)14-23(29)30/h3-12,15,19,28H,13-14H2,1-2H3,(H,29,30). The molecule has 2 aromatic carbocycles. The smallest absolute Gasteiger partial charge is 0.305 e. The van der Waals surface area contributed by atoms with Crippen molar-refractivity contribution >= 4 is 28.7 Å². The Kier molecular flexibility index (Phi) is 6.47. The van der Waals surface area contributed by atoms with Crippen LogP contribution in [0.25, 0.3) is 28.1 Å². The first kappa shape index (κ1) is 21.5. The summed E-state index contributed by atoms with van der Waals surface area (Å²) in [5.41, 5.74) is 3.49. The highest BCUT2D eigenvalue weighted by atomic mass is 19.1. The number of benzene rings is 2. The van der Waals surface area contributed by atoms with Gasteiger partial charge in [-0.2, -0.15) is 0 Å². The largest absolute Gasteiger partial charge is 0.481 e. The molecule has 0 bridgehead atoms. The Balaban J connectivity index is 2.09. The number of fused-ring (bicyclic) bond motifs is 1. The van der Waals surface area contributed by atoms with Gasteiger partial charge >= 0.3 is 5.97 Å². The van der Waals surface area contributed by atoms with Crippen molar-refractivity contribution in [3.63, 3.8) is 0 Å². The molecular formula is C24H24FNO4. The van der Waals surface area contributed by atoms with Crippen LogP contribution in [0.5, 0.6) is 0 Å². The molecule has 0 spiro atoms. The highest BCUT2D eigenvalue weighted by molar-refractivity contribution is 6.03. The molecule has 0 fully saturated rings. The second-order valence-corrected chi connectivity index (χ2v) is 7.50. The maximum atomic E-state index is 13.5. The number of aliphatic hydroxyl groups is 1. The van der Waals surface area contributed by atoms with Crippen molar-refractivity contribution in [3.05, 3.63) is 66.1 Å². The van der Waals surface area contributed by atoms with Crippen molar-refractivity contribution in [2.75, 3.05) is 0 Å². The van der Waals surface area contributed by atoms with E-state index in [0.29, 0.717) is 0 Å². The normalized spacial score (nSPS) is 12.7. The molecule has 3 aromatic rings. The summed E-state index contributed by atoms with van der Waals surface area (Å²) < 4.78 is 15.6. The van der Waals surface area contributed by atoms with Gasteiger partial charge in [0.15, 0.2) is 5.78 Å². The van der Waals surface area contributed by atoms with Crippen molar-refractivity contribution in [2.24, 2.45) is 0 Å². The monoisotopic (exact) mass is 409 g/mol. The molecule has 30 heavy (non-hydrogen) atoms. The van der Waals surface area contributed by atoms with Gasteiger partial charge in [0.25, 0.3) is 0 Å². The third-order valence-corrected chi connectivity index (χ3v) is 4.87. The van der Waals surface area contributed by atoms with E-state index in [9.17, 15) is 19.1 Å². The number of aliphatic carboxylic acids is 1. The van der Waals surface area contributed by atoms with Gasteiger partial charge in [0, 0.05) is 28.9 Å². The summed E-state index contributed by atoms with van der Waals surface area (Å²) in [6.45, 7) is 4.08. The SMILES string of the molecule is CC(C)n1c(C=CC(=O)CC(O)CC(=O)O)c(-c2ccc(F)cc2)c2ccccc21. The van der Waals surface area contributed by atoms with Crippen LogP contribution in [-0.2, 0) is 9.59 Å². The van der Waals surface area contributed by atoms with Crippen molar-refractivity contribution < 1.29 is 24.2 Å². The highest BCUT2D eigenvalue weighted by Crippen LogP contribution is 2.37. The Hall–Kier alpha value is -3.25. The number of nitrogens with zero attached hydrogens (tertiary/aromatic N) is 1. The number of halogens is 1. The minimum Gasteiger partial charge on any atom is -0.481 e. The Morgan fingerprint density at radius 1 is 1.07 bits per heavy atom. The van der Waals surface area contributed by atoms with Gasteiger partial charge in [0.1, 0.15) is 5.82 Å². The molecule has 1 heterocycles. The first-order chi connectivity index (χ1) is 14.3. The molecule has 0 radical (unpaired) electrons. The molecule has 1 unspecified atom stereocenters. The van der Waals surface area contributed by atoms with Crippen LogP contribution in [-0.4, -0.2) is 32.6 Å². The molecule has 0 aliphatic heterocycles. The lowest BCUT2D eigenvalue weighted by Gasteiger charge is -2.14. The number of carbonyl (C=O) groups is 2. The minimum absolute atomic E-state index is 0.0939. The number of para-hydroxylation sites is 1. The lowest BCUT2D eigenvalue weighted by Crippen LogP contribution is -2.16. The van der Waals surface area contributed by atoms with Gasteiger partial charge in [0.2, 0.25) is 0 Å². The number of aliphatic hydroxyl groups excluding tert-OH is 1. The Morgan fingerprint density at radius 2 is 1.73 bits per heavy atom. The first-order valence-electron chi connectivity index (χ1n) is 9.77. The minimum atomic E-state index is -1.23. The van der Waals surface area contributed by atoms with E-state index in [-0.39, 0.29) is 24.1 Å². The zero-order valence-electron chi connectivity index (χ0n) is 16.9. The van der Waals surface area contributed by atoms with Crippen LogP contribution in [0.3, 0.4) is 0 Å². The van der Waals surface area contributed by atoms with E-state index in [1.165, 1.54) is 18.2 Å². The van der Waals surface area contributed by atoms with E-state index in [4.69, 9.17) is 5.11 Å². The molecule has 1 aromatic heterocycles. The number of aromatic nitrogens is 1. The Morgan fingerprint density at radius 3 is 2.37 bits per heavy atom. The molecule has 2 N–H and O–H groups in total. The summed E-state index contributed by atoms with van der Waals surface area (Å²) in [5.74, 6) is -1.85. The van der Waals surface area contributed by atoms with Gasteiger partial charge in [-0.05, 0) is 49.8 Å². The fourth-order valence-electron chi connectivity index (χ4n) is 3.67. The zero-order chi connectivity index (χ0) is 21.8. The van der Waals surface area contributed by atoms with Crippen molar-refractivity contribution in [2.45, 2.75) is 38.8 Å². The van der Waals surface area contributed by atoms with Gasteiger partial charge in [-0.3, -0.25) is 9.59 Å². The maximum Gasteiger partial charge on any atom is 0.305 e. The molecule has 156 valence electrons. The molecule has 1 atom stereocenters. The molecule has 0 aliphatic carbocycles. The molecule has 6 heteroatoms. The number of carbonyl (C=O) groups excluding carboxylic acids is 1. The molecule has 0 aliphatic rings. The number of allylic oxidation sites excluding steroid dienone is 1. The van der Waals surface area contributed by atoms with Crippen LogP contribution in [0.2, 0.25) is 0 Å². The van der Waals surface area contributed by atoms with E-state index >= 15 is 0 Å². The third kappa shape index (κ3) is 4.66. The van der Waals surface area contributed by atoms with Gasteiger partial charge < -0.3 is 14.8 Å². The van der Waals surface area contributed by atoms with Crippen LogP contribution in [0.15, 0.2) is 54.6 Å². The fraction of sp³-hybridized carbons (Fsp3) is 0.250. The second kappa shape index (κ2) is 9.05. The van der Waals surface area contributed by atoms with Gasteiger partial charge in [-0.15, -0.1) is 0 Å². The average molecular weight is 409 g/mol. The van der Waals surface area contributed by atoms with Gasteiger partial charge in [-0.25, -0.2) is 4.39 Å². The fourth-order valence-corrected chi connectivity index (χ4v) is 3.67. The first-order valence-corrected chi connectivity index (χ1v) is 9.77. The van der Waals surface area contributed by atoms with Crippen LogP contribution < -0.4 is 0 Å². The summed E-state index contributed by atoms with van der Waals surface area (Å²) in [4.78, 5) is 23.0. The van der Waals surface area contributed by atoms with Crippen LogP contribution in [0.1, 0.15) is 38.4 Å². The van der Waals surface area contributed by atoms with E-state index in [1.807, 2.05) is 38.1 Å². The van der Waals surface area contributed by atoms with Crippen LogP contribution in [0.4, 0.5) is 4.39 Å². The maximum absolute atomic E-state index is 13.5. The number of hydrogen-bond donors (Lipinski definition) is 2. The number of rotatable bonds is 8. The number of hydrogen-bond acceptors (Lipinski definition) is 3. The summed E-state index contributed by atoms with van der Waals surface area (Å²) >= 11 is 0. The Bertz CT molecular complexity index is 1100. The van der Waals surface area contributed by atoms with Crippen molar-refractivity contribution in [1.82, 2.24) is 4.57 Å². The van der Waals surface area contributed by atoms with Gasteiger partial charge in [0.05, 0.1) is 18.2 Å². The number of ketones is 1. The predicted octanol–water partition coefficient (Wildman–Crippen LogP) is 4.84. The summed E-state index contributed by atoms with van der Waals surface area (Å²) in [5, 5.41) is 19.5. The lowest BCUT2D eigenvalue weighted by atomic mass is 10.0. The van der Waals surface area contributed by atoms with Crippen LogP contribution in [0, 0.1) is 5.82 Å². The van der Waals surface area contributed by atoms with E-state index in [1.54, 1.807) is 18.2 Å². The van der Waals surface area contributed by atoms with E-state index in [0.717, 1.165) is 27.7 Å². The summed E-state index contributed by atoms with van der Waals surface area (Å²) in [6.07, 6.45) is 1.08. The summed E-state index contributed by atoms with van der Waals surface area (Å²) in [6, 6.07) is 14.2. The molecule has 5 nitrogen and oxygen atoms in total. The van der Waals surface area contributed by atoms with E-state index in [2.05, 4.69) is 4.57 Å². The molecular weight excluding hydrogens is 385 g/mol. The van der Waals surface area contributed by atoms with E-state index < -0.39 is 18.5 Å². The molecule has 0 amide bonds. The molecule has 3 rings (SSSR count). The topological polar surface area (TPSA) is 79.5 Å². The quantitative estimate of drug-likeness (QED) is 0.522. The number of carboxylic acid groups (broad SMARTS) is 1. The van der Waals surface area contributed by atoms with Crippen molar-refractivity contribution in [1.29, 1.82) is 0 Å². The zero-order valence-corrected chi connectivity index (χ0v) is 16.9. The third-order valence-electron chi connectivity index (χ3n) is 4.87. The highest BCUT2D eigenvalue weighted by Gasteiger charge is 2.19. The molecule has 0 saturated heterocycles. The van der Waals surface area contributed by atoms with Crippen molar-refractivity contribution in [3.8, 4) is 11.1 Å². The molecule has 0 saturated carbocycles. The number of carboxylic acids is 1. The predicted molar refractivity (Wildman–Crippen MR) is 115 cm³/mol. The second-order valence-electron chi connectivity index (χ2n) is 7.50. The summed E-state index contributed by atoms with van der Waals surface area (Å²) in [7, 11) is 0. The lowest BCUT2D eigenvalue weighted by molar-refractivity contribution is -0.139. The van der Waals surface area contributed by atoms with Crippen LogP contribution >= 0.6 is 0 Å². The van der Waals surface area contributed by atoms with Gasteiger partial charge in [-0.1, -0.05) is 30.3 Å².